The summed E-state index contributed by atoms with van der Waals surface area (Å²) in [6, 6.07) is 11.3. The maximum Gasteiger partial charge on any atom is 0.264 e. The minimum absolute atomic E-state index is 0.0403. The molecule has 1 amide bonds. The number of anilines is 1. The molecule has 30 heavy (non-hydrogen) atoms. The van der Waals surface area contributed by atoms with Crippen LogP contribution in [0.15, 0.2) is 58.4 Å². The fourth-order valence-electron chi connectivity index (χ4n) is 3.01. The minimum Gasteiger partial charge on any atom is -0.383 e. The van der Waals surface area contributed by atoms with Crippen LogP contribution in [0.3, 0.4) is 0 Å². The van der Waals surface area contributed by atoms with Gasteiger partial charge in [0.25, 0.3) is 15.9 Å². The summed E-state index contributed by atoms with van der Waals surface area (Å²) >= 11 is 0. The molecular weight excluding hydrogens is 406 g/mol. The second-order valence-electron chi connectivity index (χ2n) is 6.80. The van der Waals surface area contributed by atoms with Crippen molar-refractivity contribution in [2.24, 2.45) is 0 Å². The van der Waals surface area contributed by atoms with Gasteiger partial charge >= 0.3 is 0 Å². The van der Waals surface area contributed by atoms with E-state index in [1.54, 1.807) is 18.2 Å². The first-order valence-corrected chi connectivity index (χ1v) is 10.7. The van der Waals surface area contributed by atoms with Crippen molar-refractivity contribution in [3.05, 3.63) is 70.0 Å². The third kappa shape index (κ3) is 4.22. The Balaban J connectivity index is 2.02. The quantitative estimate of drug-likeness (QED) is 0.559. The SMILES string of the molecule is COCCNC(=O)c1c[nH]c2ccc(S(=O)(=O)N(C)c3cccc(C)c3)cc2c1=O. The van der Waals surface area contributed by atoms with Crippen molar-refractivity contribution in [1.29, 1.82) is 0 Å². The topological polar surface area (TPSA) is 109 Å². The van der Waals surface area contributed by atoms with Gasteiger partial charge in [-0.05, 0) is 42.8 Å². The van der Waals surface area contributed by atoms with E-state index in [0.717, 1.165) is 9.87 Å². The Labute approximate surface area is 174 Å². The van der Waals surface area contributed by atoms with Crippen molar-refractivity contribution < 1.29 is 17.9 Å². The first-order valence-electron chi connectivity index (χ1n) is 9.24. The molecule has 8 nitrogen and oxygen atoms in total. The van der Waals surface area contributed by atoms with E-state index >= 15 is 0 Å². The summed E-state index contributed by atoms with van der Waals surface area (Å²) in [6.45, 7) is 2.44. The predicted molar refractivity (Wildman–Crippen MR) is 116 cm³/mol. The minimum atomic E-state index is -3.90. The molecule has 0 aliphatic rings. The third-order valence-electron chi connectivity index (χ3n) is 4.71. The first kappa shape index (κ1) is 21.5. The lowest BCUT2D eigenvalue weighted by Gasteiger charge is -2.20. The van der Waals surface area contributed by atoms with Gasteiger partial charge in [-0.3, -0.25) is 13.9 Å². The number of fused-ring (bicyclic) bond motifs is 1. The highest BCUT2D eigenvalue weighted by atomic mass is 32.2. The molecule has 0 aliphatic carbocycles. The molecule has 3 aromatic rings. The van der Waals surface area contributed by atoms with Gasteiger partial charge in [-0.25, -0.2) is 8.42 Å². The molecular formula is C21H23N3O5S. The zero-order valence-corrected chi connectivity index (χ0v) is 17.7. The van der Waals surface area contributed by atoms with Crippen molar-refractivity contribution >= 4 is 32.5 Å². The summed E-state index contributed by atoms with van der Waals surface area (Å²) in [5, 5.41) is 2.70. The largest absolute Gasteiger partial charge is 0.383 e. The molecule has 0 atom stereocenters. The van der Waals surface area contributed by atoms with E-state index in [9.17, 15) is 18.0 Å². The Morgan fingerprint density at radius 1 is 1.20 bits per heavy atom. The fourth-order valence-corrected chi connectivity index (χ4v) is 4.22. The predicted octanol–water partition coefficient (Wildman–Crippen LogP) is 2.04. The summed E-state index contributed by atoms with van der Waals surface area (Å²) in [4.78, 5) is 28.0. The van der Waals surface area contributed by atoms with Crippen LogP contribution in [0.5, 0.6) is 0 Å². The monoisotopic (exact) mass is 429 g/mol. The number of hydrogen-bond donors (Lipinski definition) is 2. The van der Waals surface area contributed by atoms with Crippen LogP contribution in [0.4, 0.5) is 5.69 Å². The Morgan fingerprint density at radius 2 is 1.97 bits per heavy atom. The smallest absolute Gasteiger partial charge is 0.264 e. The molecule has 1 heterocycles. The van der Waals surface area contributed by atoms with Crippen LogP contribution >= 0.6 is 0 Å². The Kier molecular flexibility index (Phi) is 6.23. The summed E-state index contributed by atoms with van der Waals surface area (Å²) in [6.07, 6.45) is 1.32. The van der Waals surface area contributed by atoms with Crippen LogP contribution in [0, 0.1) is 6.92 Å². The Bertz CT molecular complexity index is 1250. The van der Waals surface area contributed by atoms with Gasteiger partial charge in [0.2, 0.25) is 5.43 Å². The van der Waals surface area contributed by atoms with Crippen molar-refractivity contribution in [2.75, 3.05) is 31.6 Å². The number of carbonyl (C=O) groups is 1. The van der Waals surface area contributed by atoms with E-state index in [1.165, 1.54) is 38.6 Å². The zero-order valence-electron chi connectivity index (χ0n) is 16.9. The van der Waals surface area contributed by atoms with Gasteiger partial charge in [0.05, 0.1) is 17.2 Å². The number of nitrogens with zero attached hydrogens (tertiary/aromatic N) is 1. The van der Waals surface area contributed by atoms with E-state index in [2.05, 4.69) is 10.3 Å². The molecule has 3 rings (SSSR count). The van der Waals surface area contributed by atoms with E-state index in [4.69, 9.17) is 4.74 Å². The van der Waals surface area contributed by atoms with Crippen LogP contribution in [-0.4, -0.2) is 46.6 Å². The number of H-pyrrole nitrogens is 1. The van der Waals surface area contributed by atoms with Gasteiger partial charge in [-0.2, -0.15) is 0 Å². The van der Waals surface area contributed by atoms with Crippen LogP contribution in [0.25, 0.3) is 10.9 Å². The number of aromatic nitrogens is 1. The van der Waals surface area contributed by atoms with Gasteiger partial charge in [0.15, 0.2) is 0 Å². The summed E-state index contributed by atoms with van der Waals surface area (Å²) in [7, 11) is -0.943. The lowest BCUT2D eigenvalue weighted by Crippen LogP contribution is -2.31. The Hall–Kier alpha value is -3.17. The average Bonchev–Trinajstić information content (AvgIpc) is 2.73. The molecule has 0 fully saturated rings. The van der Waals surface area contributed by atoms with Crippen LogP contribution < -0.4 is 15.1 Å². The van der Waals surface area contributed by atoms with Crippen LogP contribution in [-0.2, 0) is 14.8 Å². The second kappa shape index (κ2) is 8.68. The molecule has 0 spiro atoms. The van der Waals surface area contributed by atoms with Crippen molar-refractivity contribution in [2.45, 2.75) is 11.8 Å². The highest BCUT2D eigenvalue weighted by Crippen LogP contribution is 2.24. The number of aromatic amines is 1. The van der Waals surface area contributed by atoms with Gasteiger partial charge in [-0.1, -0.05) is 12.1 Å². The second-order valence-corrected chi connectivity index (χ2v) is 8.77. The molecule has 0 saturated carbocycles. The van der Waals surface area contributed by atoms with Crippen LogP contribution in [0.1, 0.15) is 15.9 Å². The number of methoxy groups -OCH3 is 1. The van der Waals surface area contributed by atoms with Gasteiger partial charge in [-0.15, -0.1) is 0 Å². The standard InChI is InChI=1S/C21H23N3O5S/c1-14-5-4-6-15(11-14)24(2)30(27,28)16-7-8-19-17(12-16)20(25)18(13-23-19)21(26)22-9-10-29-3/h4-8,11-13H,9-10H2,1-3H3,(H,22,26)(H,23,25). The van der Waals surface area contributed by atoms with Gasteiger partial charge in [0.1, 0.15) is 5.56 Å². The molecule has 0 aliphatic heterocycles. The van der Waals surface area contributed by atoms with E-state index in [-0.39, 0.29) is 22.4 Å². The molecule has 9 heteroatoms. The van der Waals surface area contributed by atoms with Crippen molar-refractivity contribution in [3.8, 4) is 0 Å². The first-order chi connectivity index (χ1) is 14.3. The number of aryl methyl sites for hydroxylation is 1. The molecule has 2 N–H and O–H groups in total. The van der Waals surface area contributed by atoms with Gasteiger partial charge < -0.3 is 15.0 Å². The van der Waals surface area contributed by atoms with E-state index < -0.39 is 21.4 Å². The molecule has 2 aromatic carbocycles. The number of rotatable bonds is 7. The molecule has 0 saturated heterocycles. The molecule has 0 unspecified atom stereocenters. The van der Waals surface area contributed by atoms with E-state index in [1.807, 2.05) is 13.0 Å². The number of hydrogen-bond acceptors (Lipinski definition) is 5. The van der Waals surface area contributed by atoms with E-state index in [0.29, 0.717) is 17.8 Å². The molecule has 158 valence electrons. The maximum atomic E-state index is 13.1. The summed E-state index contributed by atoms with van der Waals surface area (Å²) < 4.78 is 32.3. The molecule has 0 radical (unpaired) electrons. The lowest BCUT2D eigenvalue weighted by atomic mass is 10.1. The number of amides is 1. The number of ether oxygens (including phenoxy) is 1. The lowest BCUT2D eigenvalue weighted by molar-refractivity contribution is 0.0936. The number of pyridine rings is 1. The average molecular weight is 429 g/mol. The van der Waals surface area contributed by atoms with Crippen molar-refractivity contribution in [1.82, 2.24) is 10.3 Å². The normalized spacial score (nSPS) is 11.4. The zero-order chi connectivity index (χ0) is 21.9. The number of benzene rings is 2. The van der Waals surface area contributed by atoms with Crippen molar-refractivity contribution in [3.63, 3.8) is 0 Å². The molecule has 0 bridgehead atoms. The number of sulfonamides is 1. The summed E-state index contributed by atoms with van der Waals surface area (Å²) in [5.41, 5.74) is 1.23. The van der Waals surface area contributed by atoms with Gasteiger partial charge in [0, 0.05) is 37.8 Å². The Morgan fingerprint density at radius 3 is 2.67 bits per heavy atom. The fraction of sp³-hybridized carbons (Fsp3) is 0.238. The number of nitrogens with one attached hydrogen (secondary N) is 2. The highest BCUT2D eigenvalue weighted by Gasteiger charge is 2.23. The van der Waals surface area contributed by atoms with Crippen LogP contribution in [0.2, 0.25) is 0 Å². The summed E-state index contributed by atoms with van der Waals surface area (Å²) in [5.74, 6) is -0.555. The maximum absolute atomic E-state index is 13.1. The molecule has 1 aromatic heterocycles. The highest BCUT2D eigenvalue weighted by molar-refractivity contribution is 7.92. The third-order valence-corrected chi connectivity index (χ3v) is 6.49. The number of carbonyl (C=O) groups excluding carboxylic acids is 1.